The summed E-state index contributed by atoms with van der Waals surface area (Å²) in [7, 11) is 0. The lowest BCUT2D eigenvalue weighted by atomic mass is 10.0. The number of ether oxygens (including phenoxy) is 1. The van der Waals surface area contributed by atoms with Crippen LogP contribution in [0, 0.1) is 0 Å². The first-order chi connectivity index (χ1) is 17.0. The molecular formula is C21H17F9N2O4S. The first-order valence-corrected chi connectivity index (χ1v) is 11.2. The second-order valence-electron chi connectivity index (χ2n) is 7.98. The number of hydrogen-bond donors (Lipinski definition) is 1. The third kappa shape index (κ3) is 7.06. The zero-order chi connectivity index (χ0) is 27.8. The van der Waals surface area contributed by atoms with Crippen molar-refractivity contribution in [3.05, 3.63) is 46.3 Å². The third-order valence-corrected chi connectivity index (χ3v) is 6.35. The molecule has 0 unspecified atom stereocenters. The highest BCUT2D eigenvalue weighted by atomic mass is 32.1. The van der Waals surface area contributed by atoms with E-state index in [9.17, 15) is 49.1 Å². The molecule has 1 N–H and O–H groups in total. The van der Waals surface area contributed by atoms with E-state index in [2.05, 4.69) is 4.74 Å². The highest BCUT2D eigenvalue weighted by molar-refractivity contribution is 7.13. The van der Waals surface area contributed by atoms with Crippen LogP contribution in [0.4, 0.5) is 44.3 Å². The van der Waals surface area contributed by atoms with Gasteiger partial charge in [-0.25, -0.2) is 9.59 Å². The molecule has 0 spiro atoms. The van der Waals surface area contributed by atoms with E-state index >= 15 is 0 Å². The molecule has 16 heteroatoms. The number of carbonyl (C=O) groups excluding carboxylic acids is 1. The molecule has 1 aliphatic rings. The standard InChI is InChI=1S/C21H17F9N2O4S/c22-19(23,24)13-2-1-11(14(8-13)15-7-12(10-37-15)16(33)34)9-31-3-5-32(6-4-31)18(35)36-17(20(25,26)27)21(28,29)30/h1-2,7-8,10,17H,3-6,9H2,(H,33,34). The van der Waals surface area contributed by atoms with Crippen molar-refractivity contribution in [3.63, 3.8) is 0 Å². The topological polar surface area (TPSA) is 70.1 Å². The van der Waals surface area contributed by atoms with Crippen molar-refractivity contribution in [2.45, 2.75) is 31.2 Å². The van der Waals surface area contributed by atoms with Gasteiger partial charge in [0.25, 0.3) is 6.10 Å². The molecule has 1 aromatic carbocycles. The predicted molar refractivity (Wildman–Crippen MR) is 111 cm³/mol. The van der Waals surface area contributed by atoms with Crippen LogP contribution in [0.3, 0.4) is 0 Å². The van der Waals surface area contributed by atoms with Gasteiger partial charge in [-0.05, 0) is 29.3 Å². The van der Waals surface area contributed by atoms with Crippen LogP contribution in [0.25, 0.3) is 10.4 Å². The smallest absolute Gasteiger partial charge is 0.434 e. The van der Waals surface area contributed by atoms with Crippen LogP contribution in [0.2, 0.25) is 0 Å². The van der Waals surface area contributed by atoms with Crippen molar-refractivity contribution < 1.29 is 58.9 Å². The summed E-state index contributed by atoms with van der Waals surface area (Å²) in [5, 5.41) is 10.4. The van der Waals surface area contributed by atoms with Crippen molar-refractivity contribution in [1.82, 2.24) is 9.80 Å². The van der Waals surface area contributed by atoms with Crippen LogP contribution in [0.1, 0.15) is 21.5 Å². The summed E-state index contributed by atoms with van der Waals surface area (Å²) in [6, 6.07) is 4.13. The molecule has 1 fully saturated rings. The lowest BCUT2D eigenvalue weighted by molar-refractivity contribution is -0.308. The van der Waals surface area contributed by atoms with E-state index in [1.165, 1.54) is 17.5 Å². The lowest BCUT2D eigenvalue weighted by Crippen LogP contribution is -2.52. The normalized spacial score (nSPS) is 15.8. The van der Waals surface area contributed by atoms with Crippen molar-refractivity contribution >= 4 is 23.4 Å². The number of benzene rings is 1. The third-order valence-electron chi connectivity index (χ3n) is 5.39. The molecule has 0 atom stereocenters. The first-order valence-electron chi connectivity index (χ1n) is 10.3. The molecule has 1 saturated heterocycles. The van der Waals surface area contributed by atoms with Crippen LogP contribution in [-0.4, -0.2) is 71.6 Å². The number of carbonyl (C=O) groups is 2. The monoisotopic (exact) mass is 564 g/mol. The number of thiophene rings is 1. The fourth-order valence-electron chi connectivity index (χ4n) is 3.53. The van der Waals surface area contributed by atoms with Gasteiger partial charge in [0, 0.05) is 43.0 Å². The maximum atomic E-state index is 13.3. The Morgan fingerprint density at radius 3 is 2.03 bits per heavy atom. The first kappa shape index (κ1) is 28.6. The van der Waals surface area contributed by atoms with Gasteiger partial charge in [0.1, 0.15) is 0 Å². The van der Waals surface area contributed by atoms with E-state index < -0.39 is 42.3 Å². The fraction of sp³-hybridized carbons (Fsp3) is 0.429. The quantitative estimate of drug-likeness (QED) is 0.460. The summed E-state index contributed by atoms with van der Waals surface area (Å²) in [5.74, 6) is -1.27. The molecule has 1 aromatic heterocycles. The Hall–Kier alpha value is -3.01. The Kier molecular flexibility index (Phi) is 8.02. The number of nitrogens with zero attached hydrogens (tertiary/aromatic N) is 2. The Morgan fingerprint density at radius 2 is 1.54 bits per heavy atom. The average molecular weight is 564 g/mol. The van der Waals surface area contributed by atoms with Crippen molar-refractivity contribution in [3.8, 4) is 10.4 Å². The number of halogens is 9. The number of alkyl halides is 9. The maximum Gasteiger partial charge on any atom is 0.434 e. The average Bonchev–Trinajstić information content (AvgIpc) is 3.26. The van der Waals surface area contributed by atoms with Crippen LogP contribution >= 0.6 is 11.3 Å². The number of aromatic carboxylic acids is 1. The van der Waals surface area contributed by atoms with Crippen LogP contribution in [0.5, 0.6) is 0 Å². The minimum Gasteiger partial charge on any atom is -0.478 e. The molecule has 1 aliphatic heterocycles. The Morgan fingerprint density at radius 1 is 0.946 bits per heavy atom. The number of rotatable bonds is 5. The second-order valence-corrected chi connectivity index (χ2v) is 8.90. The predicted octanol–water partition coefficient (Wildman–Crippen LogP) is 5.88. The van der Waals surface area contributed by atoms with Gasteiger partial charge in [0.05, 0.1) is 11.1 Å². The zero-order valence-electron chi connectivity index (χ0n) is 18.4. The highest BCUT2D eigenvalue weighted by Gasteiger charge is 2.60. The Labute approximate surface area is 206 Å². The number of hydrogen-bond acceptors (Lipinski definition) is 5. The molecule has 1 amide bonds. The van der Waals surface area contributed by atoms with E-state index in [1.807, 2.05) is 0 Å². The minimum absolute atomic E-state index is 0.0182. The van der Waals surface area contributed by atoms with Crippen LogP contribution in [0.15, 0.2) is 29.6 Å². The summed E-state index contributed by atoms with van der Waals surface area (Å²) in [6.07, 6.45) is -22.4. The minimum atomic E-state index is -5.85. The molecule has 3 rings (SSSR count). The van der Waals surface area contributed by atoms with Gasteiger partial charge in [0.15, 0.2) is 0 Å². The molecule has 204 valence electrons. The molecule has 0 radical (unpaired) electrons. The number of piperazine rings is 1. The number of amides is 1. The molecule has 2 aromatic rings. The molecule has 0 aliphatic carbocycles. The second kappa shape index (κ2) is 10.4. The van der Waals surface area contributed by atoms with Gasteiger partial charge in [-0.1, -0.05) is 6.07 Å². The van der Waals surface area contributed by atoms with E-state index in [4.69, 9.17) is 5.11 Å². The molecule has 0 saturated carbocycles. The van der Waals surface area contributed by atoms with Crippen molar-refractivity contribution in [2.75, 3.05) is 26.2 Å². The Balaban J connectivity index is 1.73. The van der Waals surface area contributed by atoms with Crippen molar-refractivity contribution in [1.29, 1.82) is 0 Å². The fourth-order valence-corrected chi connectivity index (χ4v) is 4.47. The molecule has 0 bridgehead atoms. The van der Waals surface area contributed by atoms with Gasteiger partial charge in [-0.3, -0.25) is 4.90 Å². The van der Waals surface area contributed by atoms with E-state index in [0.717, 1.165) is 23.5 Å². The van der Waals surface area contributed by atoms with E-state index in [-0.39, 0.29) is 48.7 Å². The Bertz CT molecular complexity index is 1120. The van der Waals surface area contributed by atoms with Crippen LogP contribution in [-0.2, 0) is 17.5 Å². The largest absolute Gasteiger partial charge is 0.478 e. The SMILES string of the molecule is O=C(O)c1csc(-c2cc(C(F)(F)F)ccc2CN2CCN(C(=O)OC(C(F)(F)F)C(F)(F)F)CC2)c1. The zero-order valence-corrected chi connectivity index (χ0v) is 19.2. The summed E-state index contributed by atoms with van der Waals surface area (Å²) in [5.41, 5.74) is -0.594. The summed E-state index contributed by atoms with van der Waals surface area (Å²) < 4.78 is 119. The van der Waals surface area contributed by atoms with Gasteiger partial charge in [-0.2, -0.15) is 39.5 Å². The summed E-state index contributed by atoms with van der Waals surface area (Å²) >= 11 is 0.920. The number of carboxylic acids is 1. The molecule has 2 heterocycles. The summed E-state index contributed by atoms with van der Waals surface area (Å²) in [6.45, 7) is -0.616. The van der Waals surface area contributed by atoms with Crippen LogP contribution < -0.4 is 0 Å². The van der Waals surface area contributed by atoms with Gasteiger partial charge in [0.2, 0.25) is 0 Å². The molecular weight excluding hydrogens is 547 g/mol. The number of carboxylic acid groups (broad SMARTS) is 1. The summed E-state index contributed by atoms with van der Waals surface area (Å²) in [4.78, 5) is 25.7. The van der Waals surface area contributed by atoms with Crippen molar-refractivity contribution in [2.24, 2.45) is 0 Å². The van der Waals surface area contributed by atoms with E-state index in [1.54, 1.807) is 4.90 Å². The molecule has 37 heavy (non-hydrogen) atoms. The van der Waals surface area contributed by atoms with Gasteiger partial charge < -0.3 is 14.7 Å². The highest BCUT2D eigenvalue weighted by Crippen LogP contribution is 2.38. The molecule has 6 nitrogen and oxygen atoms in total. The lowest BCUT2D eigenvalue weighted by Gasteiger charge is -2.35. The van der Waals surface area contributed by atoms with E-state index in [0.29, 0.717) is 10.5 Å². The van der Waals surface area contributed by atoms with Gasteiger partial charge in [-0.15, -0.1) is 11.3 Å². The maximum absolute atomic E-state index is 13.3. The van der Waals surface area contributed by atoms with Gasteiger partial charge >= 0.3 is 30.6 Å².